The van der Waals surface area contributed by atoms with Gasteiger partial charge in [0.2, 0.25) is 11.6 Å². The maximum atomic E-state index is 13.0. The summed E-state index contributed by atoms with van der Waals surface area (Å²) in [5.41, 5.74) is 3.81. The second-order valence-corrected chi connectivity index (χ2v) is 10.0. The maximum absolute atomic E-state index is 13.0. The van der Waals surface area contributed by atoms with Crippen LogP contribution in [0.25, 0.3) is 5.65 Å². The molecule has 0 atom stereocenters. The third-order valence-electron chi connectivity index (χ3n) is 6.59. The number of piperidine rings is 1. The van der Waals surface area contributed by atoms with Gasteiger partial charge in [0.1, 0.15) is 0 Å². The number of amides is 1. The van der Waals surface area contributed by atoms with Crippen LogP contribution in [0.3, 0.4) is 0 Å². The molecule has 1 fully saturated rings. The van der Waals surface area contributed by atoms with Gasteiger partial charge in [-0.25, -0.2) is 9.50 Å². The molecule has 3 aromatic rings. The number of carbonyl (C=O) groups is 1. The van der Waals surface area contributed by atoms with Crippen molar-refractivity contribution in [1.29, 1.82) is 0 Å². The van der Waals surface area contributed by atoms with Crippen LogP contribution in [-0.4, -0.2) is 50.3 Å². The van der Waals surface area contributed by atoms with Gasteiger partial charge in [-0.2, -0.15) is 0 Å². The number of rotatable bonds is 4. The summed E-state index contributed by atoms with van der Waals surface area (Å²) in [5.74, 6) is 1.44. The van der Waals surface area contributed by atoms with Crippen LogP contribution < -0.4 is 4.74 Å². The van der Waals surface area contributed by atoms with E-state index in [0.29, 0.717) is 37.3 Å². The first-order chi connectivity index (χ1) is 15.4. The number of hydrogen-bond donors (Lipinski definition) is 0. The summed E-state index contributed by atoms with van der Waals surface area (Å²) in [6.45, 7) is 8.44. The van der Waals surface area contributed by atoms with E-state index >= 15 is 0 Å². The summed E-state index contributed by atoms with van der Waals surface area (Å²) in [6, 6.07) is 3.82. The molecule has 1 aliphatic heterocycles. The second kappa shape index (κ2) is 8.22. The van der Waals surface area contributed by atoms with Gasteiger partial charge in [0.25, 0.3) is 5.91 Å². The molecule has 2 aliphatic rings. The summed E-state index contributed by atoms with van der Waals surface area (Å²) in [5, 5.41) is 8.69. The quantitative estimate of drug-likeness (QED) is 0.617. The molecule has 1 aliphatic carbocycles. The summed E-state index contributed by atoms with van der Waals surface area (Å²) in [7, 11) is 0. The van der Waals surface area contributed by atoms with E-state index in [1.807, 2.05) is 23.2 Å². The molecular formula is C24H31N5O3. The van der Waals surface area contributed by atoms with Gasteiger partial charge in [-0.1, -0.05) is 25.9 Å². The first-order valence-electron chi connectivity index (χ1n) is 11.6. The number of fused-ring (bicyclic) bond motifs is 2. The Morgan fingerprint density at radius 2 is 1.97 bits per heavy atom. The number of aryl methyl sites for hydroxylation is 1. The van der Waals surface area contributed by atoms with Crippen molar-refractivity contribution in [3.05, 3.63) is 41.0 Å². The van der Waals surface area contributed by atoms with Crippen molar-refractivity contribution in [3.8, 4) is 5.88 Å². The highest BCUT2D eigenvalue weighted by Gasteiger charge is 2.30. The van der Waals surface area contributed by atoms with Crippen molar-refractivity contribution < 1.29 is 14.1 Å². The number of ether oxygens (including phenoxy) is 1. The number of aromatic nitrogens is 4. The topological polar surface area (TPSA) is 85.8 Å². The molecule has 0 bridgehead atoms. The molecule has 0 unspecified atom stereocenters. The molecule has 5 rings (SSSR count). The Kier molecular flexibility index (Phi) is 5.39. The maximum Gasteiger partial charge on any atom is 0.292 e. The first-order valence-corrected chi connectivity index (χ1v) is 11.6. The molecule has 4 heterocycles. The zero-order chi connectivity index (χ0) is 22.3. The van der Waals surface area contributed by atoms with Gasteiger partial charge >= 0.3 is 0 Å². The Labute approximate surface area is 187 Å². The molecular weight excluding hydrogens is 406 g/mol. The van der Waals surface area contributed by atoms with Gasteiger partial charge in [0.15, 0.2) is 5.65 Å². The van der Waals surface area contributed by atoms with Gasteiger partial charge in [-0.3, -0.25) is 4.79 Å². The summed E-state index contributed by atoms with van der Waals surface area (Å²) in [6.07, 6.45) is 7.82. The second-order valence-electron chi connectivity index (χ2n) is 10.0. The van der Waals surface area contributed by atoms with E-state index in [2.05, 4.69) is 36.0 Å². The highest BCUT2D eigenvalue weighted by molar-refractivity contribution is 5.93. The van der Waals surface area contributed by atoms with Gasteiger partial charge < -0.3 is 14.2 Å². The molecule has 170 valence electrons. The predicted molar refractivity (Wildman–Crippen MR) is 119 cm³/mol. The highest BCUT2D eigenvalue weighted by atomic mass is 16.5. The Hall–Kier alpha value is -2.90. The Morgan fingerprint density at radius 3 is 2.75 bits per heavy atom. The largest absolute Gasteiger partial charge is 0.476 e. The van der Waals surface area contributed by atoms with Crippen molar-refractivity contribution >= 4 is 11.6 Å². The number of imidazole rings is 1. The van der Waals surface area contributed by atoms with E-state index in [9.17, 15) is 4.79 Å². The molecule has 0 spiro atoms. The summed E-state index contributed by atoms with van der Waals surface area (Å²) < 4.78 is 13.2. The van der Waals surface area contributed by atoms with Crippen LogP contribution in [-0.2, 0) is 18.3 Å². The Morgan fingerprint density at radius 1 is 1.19 bits per heavy atom. The number of likely N-dealkylation sites (tertiary alicyclic amines) is 1. The van der Waals surface area contributed by atoms with Crippen molar-refractivity contribution in [1.82, 2.24) is 24.7 Å². The van der Waals surface area contributed by atoms with Gasteiger partial charge in [-0.05, 0) is 50.5 Å². The third-order valence-corrected chi connectivity index (χ3v) is 6.59. The summed E-state index contributed by atoms with van der Waals surface area (Å²) >= 11 is 0. The van der Waals surface area contributed by atoms with E-state index < -0.39 is 0 Å². The SMILES string of the molecule is CC(C)(C)c1cn2nc(OCC3CCN(C(=O)c4onc5c4CCCC5)CC3)ccc2n1. The molecule has 1 amide bonds. The molecule has 0 N–H and O–H groups in total. The van der Waals surface area contributed by atoms with Crippen molar-refractivity contribution in [2.45, 2.75) is 64.7 Å². The van der Waals surface area contributed by atoms with Crippen molar-refractivity contribution in [2.24, 2.45) is 5.92 Å². The zero-order valence-electron chi connectivity index (χ0n) is 19.1. The lowest BCUT2D eigenvalue weighted by Crippen LogP contribution is -2.40. The van der Waals surface area contributed by atoms with Crippen LogP contribution in [0, 0.1) is 5.92 Å². The van der Waals surface area contributed by atoms with E-state index in [4.69, 9.17) is 9.26 Å². The van der Waals surface area contributed by atoms with Crippen molar-refractivity contribution in [2.75, 3.05) is 19.7 Å². The molecule has 0 radical (unpaired) electrons. The molecule has 0 aromatic carbocycles. The van der Waals surface area contributed by atoms with Crippen LogP contribution in [0.5, 0.6) is 5.88 Å². The highest BCUT2D eigenvalue weighted by Crippen LogP contribution is 2.27. The average molecular weight is 438 g/mol. The fourth-order valence-corrected chi connectivity index (χ4v) is 4.51. The monoisotopic (exact) mass is 437 g/mol. The van der Waals surface area contributed by atoms with Crippen molar-refractivity contribution in [3.63, 3.8) is 0 Å². The zero-order valence-corrected chi connectivity index (χ0v) is 19.1. The van der Waals surface area contributed by atoms with Crippen LogP contribution >= 0.6 is 0 Å². The molecule has 8 nitrogen and oxygen atoms in total. The standard InChI is InChI=1S/C24H31N5O3/c1-24(2,3)19-14-29-20(25-19)8-9-21(26-29)31-15-16-10-12-28(13-11-16)23(30)22-17-6-4-5-7-18(17)27-32-22/h8-9,14,16H,4-7,10-13,15H2,1-3H3. The number of nitrogens with zero attached hydrogens (tertiary/aromatic N) is 5. The number of hydrogen-bond acceptors (Lipinski definition) is 6. The van der Waals surface area contributed by atoms with Gasteiger partial charge in [0, 0.05) is 30.1 Å². The first kappa shape index (κ1) is 21.0. The molecule has 3 aromatic heterocycles. The lowest BCUT2D eigenvalue weighted by molar-refractivity contribution is 0.0617. The molecule has 32 heavy (non-hydrogen) atoms. The Bertz CT molecular complexity index is 1120. The fourth-order valence-electron chi connectivity index (χ4n) is 4.51. The van der Waals surface area contributed by atoms with E-state index in [0.717, 1.165) is 61.1 Å². The van der Waals surface area contributed by atoms with E-state index in [-0.39, 0.29) is 11.3 Å². The van der Waals surface area contributed by atoms with E-state index in [1.54, 1.807) is 4.52 Å². The third kappa shape index (κ3) is 4.10. The minimum Gasteiger partial charge on any atom is -0.476 e. The molecule has 0 saturated carbocycles. The lowest BCUT2D eigenvalue weighted by Gasteiger charge is -2.31. The predicted octanol–water partition coefficient (Wildman–Crippen LogP) is 3.82. The van der Waals surface area contributed by atoms with E-state index in [1.165, 1.54) is 0 Å². The minimum atomic E-state index is -0.0227. The fraction of sp³-hybridized carbons (Fsp3) is 0.583. The average Bonchev–Trinajstić information content (AvgIpc) is 3.41. The van der Waals surface area contributed by atoms with Crippen LogP contribution in [0.1, 0.15) is 74.0 Å². The van der Waals surface area contributed by atoms with Crippen LogP contribution in [0.4, 0.5) is 0 Å². The smallest absolute Gasteiger partial charge is 0.292 e. The Balaban J connectivity index is 1.16. The normalized spacial score (nSPS) is 17.5. The lowest BCUT2D eigenvalue weighted by atomic mass is 9.93. The van der Waals surface area contributed by atoms with Gasteiger partial charge in [-0.15, -0.1) is 5.10 Å². The minimum absolute atomic E-state index is 0.0121. The number of carbonyl (C=O) groups excluding carboxylic acids is 1. The van der Waals surface area contributed by atoms with Crippen LogP contribution in [0.15, 0.2) is 22.9 Å². The summed E-state index contributed by atoms with van der Waals surface area (Å²) in [4.78, 5) is 19.5. The van der Waals surface area contributed by atoms with Gasteiger partial charge in [0.05, 0.1) is 24.2 Å². The molecule has 8 heteroatoms. The van der Waals surface area contributed by atoms with Crippen LogP contribution in [0.2, 0.25) is 0 Å². The molecule has 1 saturated heterocycles.